The lowest BCUT2D eigenvalue weighted by Gasteiger charge is -2.32. The van der Waals surface area contributed by atoms with Crippen LogP contribution in [0.15, 0.2) is 132 Å². The fraction of sp³-hybridized carbons (Fsp3) is 0.310. The minimum absolute atomic E-state index is 0.104. The summed E-state index contributed by atoms with van der Waals surface area (Å²) in [6, 6.07) is 35.5. The molecule has 0 saturated heterocycles. The molecule has 6 aromatic carbocycles. The van der Waals surface area contributed by atoms with E-state index in [-0.39, 0.29) is 39.1 Å². The first-order chi connectivity index (χ1) is 35.3. The highest BCUT2D eigenvalue weighted by Crippen LogP contribution is 2.35. The number of ether oxygens (including phenoxy) is 5. The van der Waals surface area contributed by atoms with Crippen molar-refractivity contribution in [2.45, 2.75) is 104 Å². The lowest BCUT2D eigenvalue weighted by molar-refractivity contribution is -0.261. The largest absolute Gasteiger partial charge is 0.595 e. The van der Waals surface area contributed by atoms with Crippen LogP contribution >= 0.6 is 0 Å². The van der Waals surface area contributed by atoms with Gasteiger partial charge in [-0.1, -0.05) is 151 Å². The molecule has 0 aliphatic rings. The van der Waals surface area contributed by atoms with Crippen molar-refractivity contribution in [3.63, 3.8) is 0 Å². The van der Waals surface area contributed by atoms with Crippen LogP contribution in [0.1, 0.15) is 81.7 Å². The number of amides is 1. The average molecular weight is 1020 g/mol. The lowest BCUT2D eigenvalue weighted by atomic mass is 9.94. The van der Waals surface area contributed by atoms with E-state index in [0.29, 0.717) is 52.2 Å². The van der Waals surface area contributed by atoms with Crippen molar-refractivity contribution in [1.82, 2.24) is 4.90 Å². The first kappa shape index (κ1) is 55.6. The normalized spacial score (nSPS) is 12.8. The molecule has 0 spiro atoms. The second-order valence-electron chi connectivity index (χ2n) is 18.6. The number of esters is 2. The third kappa shape index (κ3) is 15.2. The highest BCUT2D eigenvalue weighted by atomic mass is 19.2. The highest BCUT2D eigenvalue weighted by molar-refractivity contribution is 5.89. The van der Waals surface area contributed by atoms with E-state index < -0.39 is 82.4 Å². The molecule has 0 radical (unpaired) electrons. The number of nitrogens with zero attached hydrogens (tertiary/aromatic N) is 2. The Morgan fingerprint density at radius 2 is 1.09 bits per heavy atom. The van der Waals surface area contributed by atoms with E-state index in [4.69, 9.17) is 23.7 Å². The number of halogens is 5. The molecule has 6 aromatic rings. The van der Waals surface area contributed by atoms with Gasteiger partial charge in [0, 0.05) is 19.1 Å². The van der Waals surface area contributed by atoms with E-state index in [1.54, 1.807) is 81.4 Å². The molecular weight excluding hydrogens is 964 g/mol. The van der Waals surface area contributed by atoms with E-state index in [2.05, 4.69) is 4.99 Å². The summed E-state index contributed by atoms with van der Waals surface area (Å²) in [4.78, 5) is 47.7. The van der Waals surface area contributed by atoms with E-state index in [9.17, 15) is 41.4 Å². The molecule has 390 valence electrons. The summed E-state index contributed by atoms with van der Waals surface area (Å²) in [6.45, 7) is 8.48. The minimum Gasteiger partial charge on any atom is -0.595 e. The summed E-state index contributed by atoms with van der Waals surface area (Å²) in [5.74, 6) is -16.4. The van der Waals surface area contributed by atoms with Crippen LogP contribution < -0.4 is 19.3 Å². The van der Waals surface area contributed by atoms with E-state index in [1.807, 2.05) is 73.7 Å². The van der Waals surface area contributed by atoms with Gasteiger partial charge < -0.3 is 33.7 Å². The monoisotopic (exact) mass is 1020 g/mol. The van der Waals surface area contributed by atoms with Crippen LogP contribution in [-0.2, 0) is 56.5 Å². The molecular formula is C58H58F5N2O9-. The molecule has 0 aliphatic heterocycles. The van der Waals surface area contributed by atoms with Gasteiger partial charge >= 0.3 is 11.9 Å². The van der Waals surface area contributed by atoms with Crippen LogP contribution in [0.5, 0.6) is 17.2 Å². The van der Waals surface area contributed by atoms with E-state index in [1.165, 1.54) is 18.9 Å². The van der Waals surface area contributed by atoms with Gasteiger partial charge in [-0.25, -0.2) is 18.0 Å². The molecule has 3 atom stereocenters. The van der Waals surface area contributed by atoms with Crippen molar-refractivity contribution in [1.29, 1.82) is 0 Å². The zero-order chi connectivity index (χ0) is 53.5. The number of hydrogen-bond acceptors (Lipinski definition) is 10. The third-order valence-corrected chi connectivity index (χ3v) is 11.7. The number of unbranched alkanes of at least 4 members (excludes halogenated alkanes) is 1. The minimum atomic E-state index is -2.40. The fourth-order valence-electron chi connectivity index (χ4n) is 7.73. The molecule has 0 fully saturated rings. The van der Waals surface area contributed by atoms with Crippen molar-refractivity contribution >= 4 is 23.9 Å². The standard InChI is InChI=1S/C58H59F5N2O9/c1-7-8-24-44(64-57(69)74-58(3,4)5)54(66)65(6)45(56(68)72-35-39-22-16-11-17-23-39)32-43-31-41(26-28-47(43)71-34-38-20-14-10-15-21-38)40-25-27-46(70-33-37-18-12-9-13-19-37)42(30-40)29-36(2)55(67)73-53-51(62)49(60)48(59)50(61)52(53)63/h9-23,25-28,30-31,36,44-45H,7-8,24,29,32-35H2,1-6H3,(H,64,69)/p-1/t36-,44-,45-/m0/s1. The van der Waals surface area contributed by atoms with Gasteiger partial charge in [-0.2, -0.15) is 8.78 Å². The van der Waals surface area contributed by atoms with Gasteiger partial charge in [0.15, 0.2) is 0 Å². The Hall–Kier alpha value is -7.75. The van der Waals surface area contributed by atoms with Gasteiger partial charge in [-0.15, -0.1) is 0 Å². The predicted molar refractivity (Wildman–Crippen MR) is 266 cm³/mol. The molecule has 11 nitrogen and oxygen atoms in total. The molecule has 16 heteroatoms. The van der Waals surface area contributed by atoms with Crippen LogP contribution in [0, 0.1) is 35.0 Å². The van der Waals surface area contributed by atoms with E-state index in [0.717, 1.165) is 11.1 Å². The second-order valence-corrected chi connectivity index (χ2v) is 18.6. The maximum atomic E-state index is 14.6. The summed E-state index contributed by atoms with van der Waals surface area (Å²) in [7, 11) is 1.45. The van der Waals surface area contributed by atoms with Gasteiger partial charge in [0.25, 0.3) is 0 Å². The van der Waals surface area contributed by atoms with Crippen molar-refractivity contribution in [2.75, 3.05) is 7.05 Å². The van der Waals surface area contributed by atoms with Gasteiger partial charge in [-0.05, 0) is 76.1 Å². The fourth-order valence-corrected chi connectivity index (χ4v) is 7.73. The summed E-state index contributed by atoms with van der Waals surface area (Å²) in [5.41, 5.74) is 3.50. The zero-order valence-corrected chi connectivity index (χ0v) is 42.0. The predicted octanol–water partition coefficient (Wildman–Crippen LogP) is 11.2. The SMILES string of the molecule is CCCC[C@H](N=C([O-])OC(C)(C)C)C(=O)N(C)[C@@H](Cc1cc(-c2ccc(OCc3ccccc3)c(C[C@H](C)C(=O)Oc3c(F)c(F)c(F)c(F)c3F)c2)ccc1OCc1ccccc1)C(=O)OCc1ccccc1. The van der Waals surface area contributed by atoms with Crippen LogP contribution in [0.25, 0.3) is 11.1 Å². The summed E-state index contributed by atoms with van der Waals surface area (Å²) in [6.07, 6.45) is 0.184. The first-order valence-corrected chi connectivity index (χ1v) is 24.1. The maximum absolute atomic E-state index is 14.6. The average Bonchev–Trinajstić information content (AvgIpc) is 3.39. The summed E-state index contributed by atoms with van der Waals surface area (Å²) < 4.78 is 100.0. The molecule has 0 N–H and O–H groups in total. The van der Waals surface area contributed by atoms with Gasteiger partial charge in [0.1, 0.15) is 49.5 Å². The number of carbonyl (C=O) groups excluding carboxylic acids is 3. The number of likely N-dealkylation sites (N-methyl/N-ethyl adjacent to an activating group) is 1. The van der Waals surface area contributed by atoms with Gasteiger partial charge in [0.2, 0.25) is 40.7 Å². The third-order valence-electron chi connectivity index (χ3n) is 11.7. The Kier molecular flexibility index (Phi) is 19.3. The molecule has 0 bridgehead atoms. The molecule has 74 heavy (non-hydrogen) atoms. The molecule has 0 heterocycles. The van der Waals surface area contributed by atoms with Crippen molar-refractivity contribution in [3.05, 3.63) is 184 Å². The Bertz CT molecular complexity index is 2870. The Morgan fingerprint density at radius 3 is 1.57 bits per heavy atom. The van der Waals surface area contributed by atoms with Crippen molar-refractivity contribution in [2.24, 2.45) is 10.9 Å². The van der Waals surface area contributed by atoms with Gasteiger partial charge in [-0.3, -0.25) is 14.6 Å². The molecule has 1 amide bonds. The van der Waals surface area contributed by atoms with Crippen molar-refractivity contribution < 1.29 is 65.1 Å². The highest BCUT2D eigenvalue weighted by Gasteiger charge is 2.34. The Morgan fingerprint density at radius 1 is 0.635 bits per heavy atom. The molecule has 0 saturated carbocycles. The Labute approximate surface area is 427 Å². The van der Waals surface area contributed by atoms with Crippen LogP contribution in [0.3, 0.4) is 0 Å². The quantitative estimate of drug-likeness (QED) is 0.0124. The number of aliphatic imine (C=N–C) groups is 1. The first-order valence-electron chi connectivity index (χ1n) is 24.1. The Balaban J connectivity index is 1.40. The smallest absolute Gasteiger partial charge is 0.329 e. The number of carbonyl (C=O) groups is 3. The summed E-state index contributed by atoms with van der Waals surface area (Å²) >= 11 is 0. The number of hydrogen-bond donors (Lipinski definition) is 0. The van der Waals surface area contributed by atoms with Gasteiger partial charge in [0.05, 0.1) is 5.92 Å². The lowest BCUT2D eigenvalue weighted by Crippen LogP contribution is -2.48. The summed E-state index contributed by atoms with van der Waals surface area (Å²) in [5, 5.41) is 13.0. The van der Waals surface area contributed by atoms with Crippen molar-refractivity contribution in [3.8, 4) is 28.4 Å². The molecule has 0 aliphatic carbocycles. The van der Waals surface area contributed by atoms with Crippen LogP contribution in [-0.4, -0.2) is 53.6 Å². The second kappa shape index (κ2) is 25.8. The van der Waals surface area contributed by atoms with Crippen LogP contribution in [0.2, 0.25) is 0 Å². The molecule has 0 unspecified atom stereocenters. The topological polar surface area (TPSA) is 136 Å². The zero-order valence-electron chi connectivity index (χ0n) is 42.0. The maximum Gasteiger partial charge on any atom is 0.329 e. The van der Waals surface area contributed by atoms with E-state index >= 15 is 0 Å². The number of rotatable bonds is 22. The van der Waals surface area contributed by atoms with Crippen LogP contribution in [0.4, 0.5) is 22.0 Å². The molecule has 0 aromatic heterocycles. The molecule has 6 rings (SSSR count). The number of benzene rings is 6.